The summed E-state index contributed by atoms with van der Waals surface area (Å²) in [5, 5.41) is 0. The van der Waals surface area contributed by atoms with E-state index in [1.165, 1.54) is 0 Å². The molecule has 1 aromatic rings. The Balaban J connectivity index is 2.19. The van der Waals surface area contributed by atoms with Crippen LogP contribution >= 0.6 is 0 Å². The van der Waals surface area contributed by atoms with E-state index in [2.05, 4.69) is 6.92 Å². The number of nitrogens with zero attached hydrogens (tertiary/aromatic N) is 2. The molecule has 0 N–H and O–H groups in total. The van der Waals surface area contributed by atoms with Gasteiger partial charge in [-0.1, -0.05) is 6.92 Å². The zero-order valence-electron chi connectivity index (χ0n) is 12.4. The molecule has 0 aliphatic carbocycles. The summed E-state index contributed by atoms with van der Waals surface area (Å²) in [6.45, 7) is 3.29. The second kappa shape index (κ2) is 6.28. The Morgan fingerprint density at radius 2 is 2.20 bits per heavy atom. The summed E-state index contributed by atoms with van der Waals surface area (Å²) < 4.78 is 32.2. The van der Waals surface area contributed by atoms with E-state index in [1.54, 1.807) is 10.6 Å². The minimum absolute atomic E-state index is 0.152. The number of furan rings is 1. The van der Waals surface area contributed by atoms with E-state index in [-0.39, 0.29) is 11.8 Å². The van der Waals surface area contributed by atoms with Crippen LogP contribution < -0.4 is 0 Å². The minimum Gasteiger partial charge on any atom is -0.468 e. The van der Waals surface area contributed by atoms with E-state index in [9.17, 15) is 8.42 Å². The van der Waals surface area contributed by atoms with E-state index in [4.69, 9.17) is 4.42 Å². The lowest BCUT2D eigenvalue weighted by Gasteiger charge is -2.36. The third-order valence-electron chi connectivity index (χ3n) is 3.84. The maximum Gasteiger partial charge on any atom is 0.216 e. The molecular weight excluding hydrogens is 276 g/mol. The SMILES string of the molecule is C[C@H]1CCN(S(=O)(=O)CCN(C)C)[C@H](c2ccco2)C1. The molecule has 0 amide bonds. The smallest absolute Gasteiger partial charge is 0.216 e. The summed E-state index contributed by atoms with van der Waals surface area (Å²) in [4.78, 5) is 1.89. The van der Waals surface area contributed by atoms with Crippen LogP contribution in [0.4, 0.5) is 0 Å². The minimum atomic E-state index is -3.25. The highest BCUT2D eigenvalue weighted by Gasteiger charge is 2.36. The number of hydrogen-bond acceptors (Lipinski definition) is 4. The van der Waals surface area contributed by atoms with Gasteiger partial charge in [-0.3, -0.25) is 0 Å². The Morgan fingerprint density at radius 3 is 2.80 bits per heavy atom. The molecule has 0 saturated carbocycles. The fourth-order valence-corrected chi connectivity index (χ4v) is 4.40. The molecule has 2 heterocycles. The van der Waals surface area contributed by atoms with Crippen molar-refractivity contribution in [3.8, 4) is 0 Å². The van der Waals surface area contributed by atoms with Gasteiger partial charge in [-0.15, -0.1) is 0 Å². The third kappa shape index (κ3) is 3.62. The lowest BCUT2D eigenvalue weighted by atomic mass is 9.93. The second-order valence-electron chi connectivity index (χ2n) is 5.89. The van der Waals surface area contributed by atoms with E-state index < -0.39 is 10.0 Å². The van der Waals surface area contributed by atoms with E-state index in [0.29, 0.717) is 19.0 Å². The molecule has 0 aromatic carbocycles. The van der Waals surface area contributed by atoms with Gasteiger partial charge in [0, 0.05) is 13.1 Å². The predicted octanol–water partition coefficient (Wildman–Crippen LogP) is 1.94. The van der Waals surface area contributed by atoms with Gasteiger partial charge in [0.1, 0.15) is 5.76 Å². The number of rotatable bonds is 5. The van der Waals surface area contributed by atoms with Crippen molar-refractivity contribution in [1.82, 2.24) is 9.21 Å². The Bertz CT molecular complexity index is 511. The third-order valence-corrected chi connectivity index (χ3v) is 5.69. The van der Waals surface area contributed by atoms with E-state index in [1.807, 2.05) is 31.1 Å². The van der Waals surface area contributed by atoms with Crippen LogP contribution in [0.1, 0.15) is 31.6 Å². The van der Waals surface area contributed by atoms with E-state index in [0.717, 1.165) is 18.6 Å². The topological polar surface area (TPSA) is 53.8 Å². The number of piperidine rings is 1. The van der Waals surface area contributed by atoms with Gasteiger partial charge in [0.25, 0.3) is 0 Å². The quantitative estimate of drug-likeness (QED) is 0.834. The van der Waals surface area contributed by atoms with Gasteiger partial charge in [0.15, 0.2) is 0 Å². The highest BCUT2D eigenvalue weighted by molar-refractivity contribution is 7.89. The first-order chi connectivity index (χ1) is 9.40. The van der Waals surface area contributed by atoms with Crippen molar-refractivity contribution in [2.24, 2.45) is 5.92 Å². The van der Waals surface area contributed by atoms with Crippen molar-refractivity contribution >= 4 is 10.0 Å². The molecule has 20 heavy (non-hydrogen) atoms. The van der Waals surface area contributed by atoms with Crippen LogP contribution in [0.3, 0.4) is 0 Å². The van der Waals surface area contributed by atoms with Crippen molar-refractivity contribution in [3.05, 3.63) is 24.2 Å². The molecule has 0 bridgehead atoms. The normalized spacial score (nSPS) is 25.2. The van der Waals surface area contributed by atoms with Crippen molar-refractivity contribution in [2.45, 2.75) is 25.8 Å². The largest absolute Gasteiger partial charge is 0.468 e. The highest BCUT2D eigenvalue weighted by Crippen LogP contribution is 2.36. The molecular formula is C14H24N2O3S. The van der Waals surface area contributed by atoms with Crippen LogP contribution in [0.15, 0.2) is 22.8 Å². The molecule has 1 aromatic heterocycles. The van der Waals surface area contributed by atoms with Crippen molar-refractivity contribution in [3.63, 3.8) is 0 Å². The van der Waals surface area contributed by atoms with Crippen molar-refractivity contribution < 1.29 is 12.8 Å². The van der Waals surface area contributed by atoms with Crippen LogP contribution in [0, 0.1) is 5.92 Å². The fourth-order valence-electron chi connectivity index (χ4n) is 2.61. The van der Waals surface area contributed by atoms with Crippen molar-refractivity contribution in [1.29, 1.82) is 0 Å². The predicted molar refractivity (Wildman–Crippen MR) is 78.9 cm³/mol. The zero-order chi connectivity index (χ0) is 14.8. The molecule has 1 saturated heterocycles. The fraction of sp³-hybridized carbons (Fsp3) is 0.714. The first kappa shape index (κ1) is 15.5. The highest BCUT2D eigenvalue weighted by atomic mass is 32.2. The number of hydrogen-bond donors (Lipinski definition) is 0. The molecule has 6 heteroatoms. The van der Waals surface area contributed by atoms with Gasteiger partial charge in [-0.05, 0) is 45.0 Å². The van der Waals surface area contributed by atoms with Crippen molar-refractivity contribution in [2.75, 3.05) is 32.9 Å². The van der Waals surface area contributed by atoms with Gasteiger partial charge >= 0.3 is 0 Å². The first-order valence-corrected chi connectivity index (χ1v) is 8.68. The summed E-state index contributed by atoms with van der Waals surface area (Å²) in [5.74, 6) is 1.43. The van der Waals surface area contributed by atoms with Crippen LogP contribution in [0.5, 0.6) is 0 Å². The molecule has 1 aliphatic rings. The summed E-state index contributed by atoms with van der Waals surface area (Å²) >= 11 is 0. The van der Waals surface area contributed by atoms with Gasteiger partial charge < -0.3 is 9.32 Å². The lowest BCUT2D eigenvalue weighted by Crippen LogP contribution is -2.43. The summed E-state index contributed by atoms with van der Waals surface area (Å²) in [6, 6.07) is 3.54. The molecule has 1 fully saturated rings. The van der Waals surface area contributed by atoms with E-state index >= 15 is 0 Å². The van der Waals surface area contributed by atoms with Crippen LogP contribution in [0.25, 0.3) is 0 Å². The standard InChI is InChI=1S/C14H24N2O3S/c1-12-6-7-16(20(17,18)10-8-15(2)3)13(11-12)14-5-4-9-19-14/h4-5,9,12-13H,6-8,10-11H2,1-3H3/t12-,13-/m0/s1. The van der Waals surface area contributed by atoms with Gasteiger partial charge in [-0.2, -0.15) is 4.31 Å². The molecule has 0 radical (unpaired) electrons. The Kier molecular flexibility index (Phi) is 4.88. The van der Waals surface area contributed by atoms with Crippen LogP contribution in [-0.4, -0.2) is 50.6 Å². The first-order valence-electron chi connectivity index (χ1n) is 7.08. The second-order valence-corrected chi connectivity index (χ2v) is 7.93. The zero-order valence-corrected chi connectivity index (χ0v) is 13.3. The van der Waals surface area contributed by atoms with Gasteiger partial charge in [0.2, 0.25) is 10.0 Å². The average Bonchev–Trinajstić information content (AvgIpc) is 2.90. The molecule has 0 spiro atoms. The molecule has 1 aliphatic heterocycles. The summed E-state index contributed by atoms with van der Waals surface area (Å²) in [6.07, 6.45) is 3.35. The van der Waals surface area contributed by atoms with Crippen LogP contribution in [0.2, 0.25) is 0 Å². The number of sulfonamides is 1. The Hall–Kier alpha value is -0.850. The maximum atomic E-state index is 12.6. The molecule has 5 nitrogen and oxygen atoms in total. The molecule has 2 atom stereocenters. The molecule has 0 unspecified atom stereocenters. The summed E-state index contributed by atoms with van der Waals surface area (Å²) in [5.41, 5.74) is 0. The monoisotopic (exact) mass is 300 g/mol. The van der Waals surface area contributed by atoms with Gasteiger partial charge in [0.05, 0.1) is 18.1 Å². The van der Waals surface area contributed by atoms with Gasteiger partial charge in [-0.25, -0.2) is 8.42 Å². The summed E-state index contributed by atoms with van der Waals surface area (Å²) in [7, 11) is 0.528. The lowest BCUT2D eigenvalue weighted by molar-refractivity contribution is 0.185. The maximum absolute atomic E-state index is 12.6. The molecule has 2 rings (SSSR count). The average molecular weight is 300 g/mol. The Labute approximate surface area is 121 Å². The van der Waals surface area contributed by atoms with Crippen LogP contribution in [-0.2, 0) is 10.0 Å². The Morgan fingerprint density at radius 1 is 1.45 bits per heavy atom. The molecule has 114 valence electrons.